The molecule has 7 nitrogen and oxygen atoms in total. The van der Waals surface area contributed by atoms with Gasteiger partial charge in [0.05, 0.1) is 6.54 Å². The van der Waals surface area contributed by atoms with E-state index in [-0.39, 0.29) is 36.7 Å². The van der Waals surface area contributed by atoms with Gasteiger partial charge in [-0.1, -0.05) is 12.1 Å². The number of piperidine rings is 1. The van der Waals surface area contributed by atoms with E-state index in [0.29, 0.717) is 49.6 Å². The number of carbonyl (C=O) groups is 3. The van der Waals surface area contributed by atoms with Crippen molar-refractivity contribution in [3.8, 4) is 0 Å². The number of nitrogens with zero attached hydrogens (tertiary/aromatic N) is 1. The summed E-state index contributed by atoms with van der Waals surface area (Å²) >= 11 is 0. The monoisotopic (exact) mass is 420 g/mol. The first-order chi connectivity index (χ1) is 13.6. The molecule has 1 aromatic carbocycles. The Morgan fingerprint density at radius 2 is 1.79 bits per heavy atom. The maximum Gasteiger partial charge on any atom is 0.254 e. The molecule has 3 amide bonds. The lowest BCUT2D eigenvalue weighted by Gasteiger charge is -2.28. The summed E-state index contributed by atoms with van der Waals surface area (Å²) in [6.45, 7) is 1.60. The van der Waals surface area contributed by atoms with Gasteiger partial charge in [-0.2, -0.15) is 0 Å². The van der Waals surface area contributed by atoms with Crippen LogP contribution in [0.2, 0.25) is 0 Å². The maximum absolute atomic E-state index is 12.5. The van der Waals surface area contributed by atoms with Gasteiger partial charge in [0.1, 0.15) is 0 Å². The molecule has 2 bridgehead atoms. The van der Waals surface area contributed by atoms with Crippen LogP contribution < -0.4 is 16.0 Å². The predicted molar refractivity (Wildman–Crippen MR) is 112 cm³/mol. The van der Waals surface area contributed by atoms with Crippen molar-refractivity contribution in [2.24, 2.45) is 5.92 Å². The van der Waals surface area contributed by atoms with Crippen molar-refractivity contribution >= 4 is 30.1 Å². The molecule has 1 aromatic rings. The van der Waals surface area contributed by atoms with Gasteiger partial charge < -0.3 is 20.9 Å². The second kappa shape index (κ2) is 9.59. The average Bonchev–Trinajstić information content (AvgIpc) is 3.04. The van der Waals surface area contributed by atoms with Crippen LogP contribution in [0, 0.1) is 5.92 Å². The summed E-state index contributed by atoms with van der Waals surface area (Å²) in [6.07, 6.45) is 5.30. The Kier molecular flexibility index (Phi) is 7.14. The standard InChI is InChI=1S/C21H28N4O3.ClH/c26-19(11-15-9-17-5-6-18(10-15)24-17)23-12-14-1-3-16(4-2-14)21(28)25-8-7-22-20(27)13-25;/h1-4,15,17-18,24H,5-13H2,(H,22,27)(H,23,26);1H. The summed E-state index contributed by atoms with van der Waals surface area (Å²) in [5.74, 6) is 0.331. The van der Waals surface area contributed by atoms with E-state index in [9.17, 15) is 14.4 Å². The molecule has 0 spiro atoms. The summed E-state index contributed by atoms with van der Waals surface area (Å²) in [4.78, 5) is 37.8. The maximum atomic E-state index is 12.5. The van der Waals surface area contributed by atoms with Crippen molar-refractivity contribution in [1.29, 1.82) is 0 Å². The summed E-state index contributed by atoms with van der Waals surface area (Å²) in [7, 11) is 0. The van der Waals surface area contributed by atoms with Crippen molar-refractivity contribution in [3.63, 3.8) is 0 Å². The normalized spacial score (nSPS) is 25.7. The van der Waals surface area contributed by atoms with Crippen LogP contribution in [0.3, 0.4) is 0 Å². The molecule has 3 saturated heterocycles. The Balaban J connectivity index is 0.00000240. The van der Waals surface area contributed by atoms with Crippen LogP contribution in [0.5, 0.6) is 0 Å². The second-order valence-corrected chi connectivity index (χ2v) is 8.23. The van der Waals surface area contributed by atoms with E-state index in [1.54, 1.807) is 17.0 Å². The van der Waals surface area contributed by atoms with Gasteiger partial charge in [-0.05, 0) is 49.3 Å². The molecular weight excluding hydrogens is 392 g/mol. The second-order valence-electron chi connectivity index (χ2n) is 8.23. The van der Waals surface area contributed by atoms with E-state index in [2.05, 4.69) is 16.0 Å². The van der Waals surface area contributed by atoms with Gasteiger partial charge in [-0.25, -0.2) is 0 Å². The lowest BCUT2D eigenvalue weighted by molar-refractivity contribution is -0.123. The van der Waals surface area contributed by atoms with Crippen molar-refractivity contribution in [2.75, 3.05) is 19.6 Å². The fourth-order valence-corrected chi connectivity index (χ4v) is 4.64. The molecule has 0 aromatic heterocycles. The third kappa shape index (κ3) is 5.48. The highest BCUT2D eigenvalue weighted by Gasteiger charge is 2.34. The number of benzene rings is 1. The minimum Gasteiger partial charge on any atom is -0.353 e. The van der Waals surface area contributed by atoms with E-state index < -0.39 is 0 Å². The molecule has 3 aliphatic rings. The van der Waals surface area contributed by atoms with Gasteiger partial charge in [0.15, 0.2) is 0 Å². The summed E-state index contributed by atoms with van der Waals surface area (Å²) < 4.78 is 0. The van der Waals surface area contributed by atoms with Gasteiger partial charge in [0.25, 0.3) is 5.91 Å². The van der Waals surface area contributed by atoms with E-state index in [4.69, 9.17) is 0 Å². The SMILES string of the molecule is Cl.O=C(CC1CC2CCC(C1)N2)NCc1ccc(C(=O)N2CCNC(=O)C2)cc1. The van der Waals surface area contributed by atoms with Gasteiger partial charge >= 0.3 is 0 Å². The van der Waals surface area contributed by atoms with Crippen LogP contribution in [0.25, 0.3) is 0 Å². The summed E-state index contributed by atoms with van der Waals surface area (Å²) in [5, 5.41) is 9.33. The van der Waals surface area contributed by atoms with Crippen molar-refractivity contribution in [1.82, 2.24) is 20.9 Å². The minimum absolute atomic E-state index is 0. The number of halogens is 1. The van der Waals surface area contributed by atoms with Gasteiger partial charge in [0, 0.05) is 43.7 Å². The van der Waals surface area contributed by atoms with E-state index in [0.717, 1.165) is 18.4 Å². The minimum atomic E-state index is -0.133. The van der Waals surface area contributed by atoms with Crippen LogP contribution in [0.1, 0.15) is 48.0 Å². The largest absolute Gasteiger partial charge is 0.353 e. The molecule has 0 radical (unpaired) electrons. The Hall–Kier alpha value is -2.12. The summed E-state index contributed by atoms with van der Waals surface area (Å²) in [6, 6.07) is 8.46. The highest BCUT2D eigenvalue weighted by Crippen LogP contribution is 2.32. The third-order valence-electron chi connectivity index (χ3n) is 6.06. The molecule has 2 unspecified atom stereocenters. The van der Waals surface area contributed by atoms with E-state index in [1.165, 1.54) is 12.8 Å². The molecule has 3 heterocycles. The Morgan fingerprint density at radius 3 is 2.45 bits per heavy atom. The number of carbonyl (C=O) groups excluding carboxylic acids is 3. The molecule has 2 atom stereocenters. The Bertz CT molecular complexity index is 743. The molecule has 0 aliphatic carbocycles. The topological polar surface area (TPSA) is 90.5 Å². The van der Waals surface area contributed by atoms with Crippen molar-refractivity contribution in [3.05, 3.63) is 35.4 Å². The molecule has 8 heteroatoms. The number of fused-ring (bicyclic) bond motifs is 2. The lowest BCUT2D eigenvalue weighted by atomic mass is 9.89. The van der Waals surface area contributed by atoms with E-state index >= 15 is 0 Å². The number of nitrogens with one attached hydrogen (secondary N) is 3. The zero-order valence-electron chi connectivity index (χ0n) is 16.5. The lowest BCUT2D eigenvalue weighted by Crippen LogP contribution is -2.49. The van der Waals surface area contributed by atoms with E-state index in [1.807, 2.05) is 12.1 Å². The highest BCUT2D eigenvalue weighted by atomic mass is 35.5. The van der Waals surface area contributed by atoms with Crippen molar-refractivity contribution in [2.45, 2.75) is 50.7 Å². The Labute approximate surface area is 177 Å². The highest BCUT2D eigenvalue weighted by molar-refractivity contribution is 5.97. The number of hydrogen-bond donors (Lipinski definition) is 3. The van der Waals surface area contributed by atoms with Crippen LogP contribution in [-0.4, -0.2) is 54.3 Å². The first kappa shape index (κ1) is 21.6. The molecule has 3 fully saturated rings. The number of rotatable bonds is 5. The molecular formula is C21H29ClN4O3. The van der Waals surface area contributed by atoms with Crippen LogP contribution in [0.4, 0.5) is 0 Å². The van der Waals surface area contributed by atoms with Gasteiger partial charge in [-0.15, -0.1) is 12.4 Å². The molecule has 0 saturated carbocycles. The van der Waals surface area contributed by atoms with Gasteiger partial charge in [-0.3, -0.25) is 14.4 Å². The molecule has 3 aliphatic heterocycles. The first-order valence-electron chi connectivity index (χ1n) is 10.2. The fourth-order valence-electron chi connectivity index (χ4n) is 4.64. The molecule has 29 heavy (non-hydrogen) atoms. The Morgan fingerprint density at radius 1 is 1.10 bits per heavy atom. The first-order valence-corrected chi connectivity index (χ1v) is 10.2. The molecule has 158 valence electrons. The predicted octanol–water partition coefficient (Wildman–Crippen LogP) is 1.22. The average molecular weight is 421 g/mol. The zero-order chi connectivity index (χ0) is 19.5. The number of hydrogen-bond acceptors (Lipinski definition) is 4. The molecule has 4 rings (SSSR count). The van der Waals surface area contributed by atoms with Crippen LogP contribution in [0.15, 0.2) is 24.3 Å². The van der Waals surface area contributed by atoms with Crippen LogP contribution in [-0.2, 0) is 16.1 Å². The smallest absolute Gasteiger partial charge is 0.254 e. The fraction of sp³-hybridized carbons (Fsp3) is 0.571. The van der Waals surface area contributed by atoms with Gasteiger partial charge in [0.2, 0.25) is 11.8 Å². The van der Waals surface area contributed by atoms with Crippen LogP contribution >= 0.6 is 12.4 Å². The zero-order valence-corrected chi connectivity index (χ0v) is 17.3. The summed E-state index contributed by atoms with van der Waals surface area (Å²) in [5.41, 5.74) is 1.53. The number of amides is 3. The quantitative estimate of drug-likeness (QED) is 0.668. The van der Waals surface area contributed by atoms with Crippen molar-refractivity contribution < 1.29 is 14.4 Å². The number of piperazine rings is 1. The molecule has 3 N–H and O–H groups in total. The third-order valence-corrected chi connectivity index (χ3v) is 6.06.